The van der Waals surface area contributed by atoms with E-state index in [0.29, 0.717) is 0 Å². The summed E-state index contributed by atoms with van der Waals surface area (Å²) < 4.78 is 131. The monoisotopic (exact) mass is 408 g/mol. The predicted molar refractivity (Wildman–Crippen MR) is 61.6 cm³/mol. The summed E-state index contributed by atoms with van der Waals surface area (Å²) in [4.78, 5) is 0. The van der Waals surface area contributed by atoms with Crippen molar-refractivity contribution in [2.75, 3.05) is 0 Å². The highest BCUT2D eigenvalue weighted by molar-refractivity contribution is 5.08. The summed E-state index contributed by atoms with van der Waals surface area (Å²) in [6.07, 6.45) is -19.1. The van der Waals surface area contributed by atoms with E-state index in [1.165, 1.54) is 13.8 Å². The van der Waals surface area contributed by atoms with Gasteiger partial charge in [-0.15, -0.1) is 0 Å². The lowest BCUT2D eigenvalue weighted by Gasteiger charge is -2.38. The number of aliphatic hydroxyl groups excluding tert-OH is 2. The molecule has 2 fully saturated rings. The van der Waals surface area contributed by atoms with Crippen molar-refractivity contribution >= 4 is 0 Å². The van der Waals surface area contributed by atoms with E-state index < -0.39 is 60.4 Å². The van der Waals surface area contributed by atoms with Crippen molar-refractivity contribution in [3.05, 3.63) is 0 Å². The van der Waals surface area contributed by atoms with Gasteiger partial charge in [-0.1, -0.05) is 0 Å². The molecule has 5 atom stereocenters. The van der Waals surface area contributed by atoms with Crippen LogP contribution in [0, 0.1) is 0 Å². The van der Waals surface area contributed by atoms with Crippen molar-refractivity contribution < 1.29 is 63.9 Å². The summed E-state index contributed by atoms with van der Waals surface area (Å²) in [5.41, 5.74) is 0. The van der Waals surface area contributed by atoms with Gasteiger partial charge in [-0.05, 0) is 13.8 Å². The topological polar surface area (TPSA) is 68.2 Å². The number of alkyl halides is 9. The van der Waals surface area contributed by atoms with Gasteiger partial charge in [0.1, 0.15) is 18.3 Å². The molecule has 0 aromatic rings. The van der Waals surface area contributed by atoms with Gasteiger partial charge in [0.05, 0.1) is 0 Å². The zero-order valence-corrected chi connectivity index (χ0v) is 12.9. The van der Waals surface area contributed by atoms with E-state index >= 15 is 0 Å². The molecule has 2 rings (SSSR count). The van der Waals surface area contributed by atoms with Gasteiger partial charge in [0.2, 0.25) is 0 Å². The quantitative estimate of drug-likeness (QED) is 0.698. The van der Waals surface area contributed by atoms with Crippen LogP contribution in [-0.4, -0.2) is 70.6 Å². The number of aliphatic hydroxyl groups is 2. The third kappa shape index (κ3) is 2.95. The Hall–Kier alpha value is -0.830. The molecule has 2 heterocycles. The zero-order valence-electron chi connectivity index (χ0n) is 12.9. The summed E-state index contributed by atoms with van der Waals surface area (Å²) in [5.74, 6) is -21.9. The van der Waals surface area contributed by atoms with Gasteiger partial charge in [0.25, 0.3) is 0 Å². The highest BCUT2D eigenvalue weighted by Crippen LogP contribution is 2.55. The van der Waals surface area contributed by atoms with Gasteiger partial charge in [-0.3, -0.25) is 0 Å². The van der Waals surface area contributed by atoms with Gasteiger partial charge in [-0.25, -0.2) is 0 Å². The van der Waals surface area contributed by atoms with Crippen LogP contribution >= 0.6 is 0 Å². The van der Waals surface area contributed by atoms with Gasteiger partial charge >= 0.3 is 23.9 Å². The van der Waals surface area contributed by atoms with E-state index in [1.807, 2.05) is 0 Å². The minimum atomic E-state index is -7.17. The Bertz CT molecular complexity index is 550. The van der Waals surface area contributed by atoms with Crippen molar-refractivity contribution in [2.45, 2.75) is 74.3 Å². The van der Waals surface area contributed by atoms with E-state index in [4.69, 9.17) is 9.47 Å². The van der Waals surface area contributed by atoms with Gasteiger partial charge in [-0.2, -0.15) is 39.5 Å². The summed E-state index contributed by atoms with van der Waals surface area (Å²) in [6.45, 7) is 2.61. The second-order valence-corrected chi connectivity index (χ2v) is 6.27. The lowest BCUT2D eigenvalue weighted by molar-refractivity contribution is -0.410. The fourth-order valence-electron chi connectivity index (χ4n) is 2.56. The van der Waals surface area contributed by atoms with Crippen LogP contribution in [0.3, 0.4) is 0 Å². The largest absolute Gasteiger partial charge is 0.460 e. The van der Waals surface area contributed by atoms with Crippen molar-refractivity contribution in [3.63, 3.8) is 0 Å². The maximum atomic E-state index is 13.7. The van der Waals surface area contributed by atoms with Crippen LogP contribution in [0.2, 0.25) is 0 Å². The third-order valence-electron chi connectivity index (χ3n) is 3.90. The van der Waals surface area contributed by atoms with Crippen LogP contribution in [-0.2, 0) is 14.2 Å². The Balaban J connectivity index is 2.27. The number of hydrogen-bond acceptors (Lipinski definition) is 5. The Morgan fingerprint density at radius 1 is 0.885 bits per heavy atom. The normalized spacial score (nSPS) is 34.0. The molecule has 0 saturated carbocycles. The molecule has 26 heavy (non-hydrogen) atoms. The second-order valence-electron chi connectivity index (χ2n) is 6.27. The molecule has 2 N–H and O–H groups in total. The molecule has 14 heteroatoms. The Morgan fingerprint density at radius 3 is 1.81 bits per heavy atom. The van der Waals surface area contributed by atoms with E-state index in [-0.39, 0.29) is 0 Å². The smallest absolute Gasteiger partial charge is 0.387 e. The number of halogens is 9. The molecule has 2 aliphatic rings. The van der Waals surface area contributed by atoms with E-state index in [0.717, 1.165) is 0 Å². The SMILES string of the molecule is CC1(C)O[C@H]2O[C@H]([C@@H](O)C(F)(F)C(F)(F)C(F)(F)C(F)(F)F)[C@H](O)[C@H]2O1. The summed E-state index contributed by atoms with van der Waals surface area (Å²) in [5, 5.41) is 19.1. The fourth-order valence-corrected chi connectivity index (χ4v) is 2.56. The lowest BCUT2D eigenvalue weighted by atomic mass is 9.93. The number of hydrogen-bond donors (Lipinski definition) is 2. The summed E-state index contributed by atoms with van der Waals surface area (Å²) >= 11 is 0. The highest BCUT2D eigenvalue weighted by atomic mass is 19.4. The molecule has 5 nitrogen and oxygen atoms in total. The van der Waals surface area contributed by atoms with Crippen molar-refractivity contribution in [1.29, 1.82) is 0 Å². The Labute approximate surface area is 139 Å². The minimum absolute atomic E-state index is 1.31. The summed E-state index contributed by atoms with van der Waals surface area (Å²) in [6, 6.07) is 0. The average molecular weight is 408 g/mol. The highest BCUT2D eigenvalue weighted by Gasteiger charge is 2.84. The fraction of sp³-hybridized carbons (Fsp3) is 1.00. The van der Waals surface area contributed by atoms with Gasteiger partial charge in [0, 0.05) is 0 Å². The van der Waals surface area contributed by atoms with Crippen LogP contribution in [0.4, 0.5) is 39.5 Å². The van der Waals surface area contributed by atoms with Crippen LogP contribution in [0.1, 0.15) is 13.8 Å². The lowest BCUT2D eigenvalue weighted by Crippen LogP contribution is -2.67. The van der Waals surface area contributed by atoms with Crippen molar-refractivity contribution in [2.24, 2.45) is 0 Å². The van der Waals surface area contributed by atoms with Crippen LogP contribution < -0.4 is 0 Å². The molecule has 0 amide bonds. The van der Waals surface area contributed by atoms with Crippen LogP contribution in [0.15, 0.2) is 0 Å². The van der Waals surface area contributed by atoms with Crippen LogP contribution in [0.5, 0.6) is 0 Å². The summed E-state index contributed by atoms with van der Waals surface area (Å²) in [7, 11) is 0. The first-order valence-corrected chi connectivity index (χ1v) is 6.94. The van der Waals surface area contributed by atoms with Crippen molar-refractivity contribution in [3.8, 4) is 0 Å². The molecular weight excluding hydrogens is 395 g/mol. The number of fused-ring (bicyclic) bond motifs is 1. The minimum Gasteiger partial charge on any atom is -0.387 e. The molecule has 0 bridgehead atoms. The van der Waals surface area contributed by atoms with Gasteiger partial charge < -0.3 is 24.4 Å². The first-order chi connectivity index (χ1) is 11.4. The van der Waals surface area contributed by atoms with E-state index in [1.54, 1.807) is 0 Å². The van der Waals surface area contributed by atoms with Crippen LogP contribution in [0.25, 0.3) is 0 Å². The predicted octanol–water partition coefficient (Wildman–Crippen LogP) is 2.05. The molecule has 0 aromatic heterocycles. The maximum Gasteiger partial charge on any atom is 0.460 e. The molecule has 2 saturated heterocycles. The maximum absolute atomic E-state index is 13.7. The van der Waals surface area contributed by atoms with Crippen molar-refractivity contribution in [1.82, 2.24) is 0 Å². The molecule has 2 aliphatic heterocycles. The molecular formula is C12H13F9O5. The molecule has 0 radical (unpaired) electrons. The second kappa shape index (κ2) is 5.83. The Kier molecular flexibility index (Phi) is 4.82. The zero-order chi connectivity index (χ0) is 20.5. The van der Waals surface area contributed by atoms with E-state index in [9.17, 15) is 49.7 Å². The molecule has 0 aromatic carbocycles. The Morgan fingerprint density at radius 2 is 1.38 bits per heavy atom. The van der Waals surface area contributed by atoms with E-state index in [2.05, 4.69) is 4.74 Å². The first-order valence-electron chi connectivity index (χ1n) is 6.94. The number of ether oxygens (including phenoxy) is 3. The molecule has 0 unspecified atom stereocenters. The average Bonchev–Trinajstić information content (AvgIpc) is 2.90. The molecule has 0 aliphatic carbocycles. The first kappa shape index (κ1) is 21.5. The standard InChI is InChI=1S/C12H13F9O5/c1-8(2)25-5-3(22)4(24-7(5)26-8)6(23)9(13,14)10(15,16)11(17,18)12(19,20)21/h3-7,22-23H,1-2H3/t3-,4-,5+,6+,7+/m0/s1. The number of rotatable bonds is 4. The third-order valence-corrected chi connectivity index (χ3v) is 3.90. The molecule has 0 spiro atoms. The molecule has 154 valence electrons. The van der Waals surface area contributed by atoms with Gasteiger partial charge in [0.15, 0.2) is 18.2 Å².